The summed E-state index contributed by atoms with van der Waals surface area (Å²) >= 11 is 2.05. The van der Waals surface area contributed by atoms with E-state index in [1.807, 2.05) is 49.9 Å². The number of rotatable bonds is 5. The number of guanidine groups is 1. The van der Waals surface area contributed by atoms with Crippen molar-refractivity contribution in [1.29, 1.82) is 0 Å². The summed E-state index contributed by atoms with van der Waals surface area (Å²) in [6.45, 7) is 5.57. The molecule has 1 N–H and O–H groups in total. The second-order valence-electron chi connectivity index (χ2n) is 6.41. The molecular formula is C18H30FIN4S. The molecular weight excluding hydrogens is 450 g/mol. The second kappa shape index (κ2) is 11.2. The average molecular weight is 480 g/mol. The highest BCUT2D eigenvalue weighted by molar-refractivity contribution is 14.0. The third-order valence-corrected chi connectivity index (χ3v) is 5.52. The topological polar surface area (TPSA) is 30.9 Å². The van der Waals surface area contributed by atoms with Gasteiger partial charge < -0.3 is 15.1 Å². The highest BCUT2D eigenvalue weighted by Gasteiger charge is 2.21. The third-order valence-electron chi connectivity index (χ3n) is 4.15. The van der Waals surface area contributed by atoms with E-state index in [1.165, 1.54) is 6.42 Å². The molecule has 1 unspecified atom stereocenters. The molecule has 25 heavy (non-hydrogen) atoms. The predicted molar refractivity (Wildman–Crippen MR) is 118 cm³/mol. The van der Waals surface area contributed by atoms with Gasteiger partial charge in [0.2, 0.25) is 0 Å². The fourth-order valence-electron chi connectivity index (χ4n) is 2.87. The van der Waals surface area contributed by atoms with Gasteiger partial charge in [-0.15, -0.1) is 24.0 Å². The van der Waals surface area contributed by atoms with E-state index in [0.717, 1.165) is 35.9 Å². The second-order valence-corrected chi connectivity index (χ2v) is 7.82. The molecule has 0 aromatic heterocycles. The maximum Gasteiger partial charge on any atom is 0.193 e. The van der Waals surface area contributed by atoms with Crippen LogP contribution in [0.5, 0.6) is 0 Å². The molecule has 1 heterocycles. The molecule has 0 bridgehead atoms. The van der Waals surface area contributed by atoms with Gasteiger partial charge in [-0.25, -0.2) is 4.39 Å². The third kappa shape index (κ3) is 6.94. The van der Waals surface area contributed by atoms with Gasteiger partial charge in [0, 0.05) is 49.8 Å². The van der Waals surface area contributed by atoms with Crippen LogP contribution < -0.4 is 5.32 Å². The van der Waals surface area contributed by atoms with Gasteiger partial charge >= 0.3 is 0 Å². The van der Waals surface area contributed by atoms with E-state index in [-0.39, 0.29) is 29.8 Å². The smallest absolute Gasteiger partial charge is 0.193 e. The number of nitrogens with one attached hydrogen (secondary N) is 1. The zero-order valence-electron chi connectivity index (χ0n) is 15.6. The lowest BCUT2D eigenvalue weighted by atomic mass is 10.1. The van der Waals surface area contributed by atoms with E-state index < -0.39 is 0 Å². The summed E-state index contributed by atoms with van der Waals surface area (Å²) in [6, 6.07) is 5.34. The Morgan fingerprint density at radius 1 is 1.44 bits per heavy atom. The quantitative estimate of drug-likeness (QED) is 0.398. The number of hydrogen-bond donors (Lipinski definition) is 1. The maximum absolute atomic E-state index is 13.9. The molecule has 1 aliphatic heterocycles. The van der Waals surface area contributed by atoms with Crippen LogP contribution >= 0.6 is 35.7 Å². The van der Waals surface area contributed by atoms with Crippen molar-refractivity contribution < 1.29 is 4.39 Å². The van der Waals surface area contributed by atoms with E-state index in [9.17, 15) is 4.39 Å². The molecule has 2 rings (SSSR count). The first-order chi connectivity index (χ1) is 11.5. The Bertz CT molecular complexity index is 568. The van der Waals surface area contributed by atoms with Crippen molar-refractivity contribution >= 4 is 41.7 Å². The Balaban J connectivity index is 0.00000312. The Hall–Kier alpha value is -0.540. The molecule has 0 radical (unpaired) electrons. The zero-order valence-corrected chi connectivity index (χ0v) is 18.7. The Morgan fingerprint density at radius 2 is 2.20 bits per heavy atom. The molecule has 0 aliphatic carbocycles. The minimum Gasteiger partial charge on any atom is -0.352 e. The summed E-state index contributed by atoms with van der Waals surface area (Å²) in [6.07, 6.45) is 1.18. The molecule has 4 nitrogen and oxygen atoms in total. The van der Waals surface area contributed by atoms with E-state index in [0.29, 0.717) is 18.3 Å². The number of halogens is 2. The van der Waals surface area contributed by atoms with Crippen molar-refractivity contribution in [2.24, 2.45) is 4.99 Å². The van der Waals surface area contributed by atoms with Gasteiger partial charge in [-0.3, -0.25) is 4.99 Å². The SMILES string of the molecule is CCC1CN(C(=NC)NCc2ccc(F)c(CN(C)C)c2)CCS1.I. The molecule has 1 aliphatic rings. The number of benzene rings is 1. The van der Waals surface area contributed by atoms with Gasteiger partial charge in [-0.1, -0.05) is 13.0 Å². The summed E-state index contributed by atoms with van der Waals surface area (Å²) in [7, 11) is 5.72. The maximum atomic E-state index is 13.9. The first-order valence-corrected chi connectivity index (χ1v) is 9.57. The molecule has 142 valence electrons. The molecule has 1 fully saturated rings. The highest BCUT2D eigenvalue weighted by Crippen LogP contribution is 2.21. The van der Waals surface area contributed by atoms with Gasteiger partial charge in [0.1, 0.15) is 5.82 Å². The van der Waals surface area contributed by atoms with Gasteiger partial charge in [0.25, 0.3) is 0 Å². The fourth-order valence-corrected chi connectivity index (χ4v) is 4.05. The fraction of sp³-hybridized carbons (Fsp3) is 0.611. The van der Waals surface area contributed by atoms with Crippen molar-refractivity contribution in [1.82, 2.24) is 15.1 Å². The van der Waals surface area contributed by atoms with Crippen molar-refractivity contribution in [3.8, 4) is 0 Å². The lowest BCUT2D eigenvalue weighted by Gasteiger charge is -2.34. The highest BCUT2D eigenvalue weighted by atomic mass is 127. The van der Waals surface area contributed by atoms with Crippen LogP contribution in [0, 0.1) is 5.82 Å². The molecule has 1 atom stereocenters. The Kier molecular flexibility index (Phi) is 10.1. The molecule has 1 aromatic rings. The minimum absolute atomic E-state index is 0. The Morgan fingerprint density at radius 3 is 2.84 bits per heavy atom. The predicted octanol–water partition coefficient (Wildman–Crippen LogP) is 3.41. The van der Waals surface area contributed by atoms with Crippen LogP contribution in [0.2, 0.25) is 0 Å². The van der Waals surface area contributed by atoms with Gasteiger partial charge in [-0.2, -0.15) is 11.8 Å². The summed E-state index contributed by atoms with van der Waals surface area (Å²) in [5, 5.41) is 4.11. The van der Waals surface area contributed by atoms with Crippen molar-refractivity contribution in [2.75, 3.05) is 40.0 Å². The lowest BCUT2D eigenvalue weighted by Crippen LogP contribution is -2.47. The summed E-state index contributed by atoms with van der Waals surface area (Å²) in [5.41, 5.74) is 1.81. The van der Waals surface area contributed by atoms with E-state index in [4.69, 9.17) is 0 Å². The minimum atomic E-state index is -0.143. The van der Waals surface area contributed by atoms with Crippen molar-refractivity contribution in [2.45, 2.75) is 31.7 Å². The number of thioether (sulfide) groups is 1. The van der Waals surface area contributed by atoms with Crippen molar-refractivity contribution in [3.63, 3.8) is 0 Å². The molecule has 7 heteroatoms. The van der Waals surface area contributed by atoms with Crippen LogP contribution in [0.1, 0.15) is 24.5 Å². The largest absolute Gasteiger partial charge is 0.352 e. The first-order valence-electron chi connectivity index (χ1n) is 8.52. The summed E-state index contributed by atoms with van der Waals surface area (Å²) < 4.78 is 13.9. The normalized spacial score (nSPS) is 18.2. The average Bonchev–Trinajstić information content (AvgIpc) is 2.58. The Labute approximate surface area is 172 Å². The van der Waals surface area contributed by atoms with Crippen LogP contribution in [0.25, 0.3) is 0 Å². The van der Waals surface area contributed by atoms with Crippen LogP contribution in [-0.4, -0.2) is 61.0 Å². The molecule has 0 spiro atoms. The summed E-state index contributed by atoms with van der Waals surface area (Å²) in [5.74, 6) is 1.94. The molecule has 0 saturated carbocycles. The molecule has 1 aromatic carbocycles. The van der Waals surface area contributed by atoms with Crippen LogP contribution in [0.3, 0.4) is 0 Å². The standard InChI is InChI=1S/C18H29FN4S.HI/c1-5-16-13-23(8-9-24-16)18(20-2)21-11-14-6-7-17(19)15(10-14)12-22(3)4;/h6-7,10,16H,5,8-9,11-13H2,1-4H3,(H,20,21);1H. The number of aliphatic imine (C=N–C) groups is 1. The zero-order chi connectivity index (χ0) is 17.5. The van der Waals surface area contributed by atoms with E-state index in [1.54, 1.807) is 6.07 Å². The lowest BCUT2D eigenvalue weighted by molar-refractivity contribution is 0.392. The van der Waals surface area contributed by atoms with Gasteiger partial charge in [0.05, 0.1) is 0 Å². The van der Waals surface area contributed by atoms with E-state index in [2.05, 4.69) is 22.1 Å². The summed E-state index contributed by atoms with van der Waals surface area (Å²) in [4.78, 5) is 8.73. The van der Waals surface area contributed by atoms with Crippen LogP contribution in [-0.2, 0) is 13.1 Å². The van der Waals surface area contributed by atoms with Crippen LogP contribution in [0.4, 0.5) is 4.39 Å². The monoisotopic (exact) mass is 480 g/mol. The van der Waals surface area contributed by atoms with Crippen molar-refractivity contribution in [3.05, 3.63) is 35.1 Å². The van der Waals surface area contributed by atoms with E-state index >= 15 is 0 Å². The van der Waals surface area contributed by atoms with Crippen LogP contribution in [0.15, 0.2) is 23.2 Å². The number of hydrogen-bond acceptors (Lipinski definition) is 3. The van der Waals surface area contributed by atoms with Gasteiger partial charge in [0.15, 0.2) is 5.96 Å². The molecule has 0 amide bonds. The molecule has 1 saturated heterocycles. The first kappa shape index (κ1) is 22.5. The van der Waals surface area contributed by atoms with Gasteiger partial charge in [-0.05, 0) is 38.2 Å². The number of nitrogens with zero attached hydrogens (tertiary/aromatic N) is 3.